The van der Waals surface area contributed by atoms with Crippen LogP contribution in [0.5, 0.6) is 0 Å². The Labute approximate surface area is 152 Å². The zero-order valence-corrected chi connectivity index (χ0v) is 15.1. The molecule has 4 rings (SSSR count). The van der Waals surface area contributed by atoms with E-state index in [1.54, 1.807) is 19.1 Å². The van der Waals surface area contributed by atoms with E-state index in [2.05, 4.69) is 27.5 Å². The first-order chi connectivity index (χ1) is 12.6. The lowest BCUT2D eigenvalue weighted by Gasteiger charge is -2.16. The van der Waals surface area contributed by atoms with Crippen LogP contribution in [0.15, 0.2) is 42.5 Å². The summed E-state index contributed by atoms with van der Waals surface area (Å²) in [7, 11) is 0. The summed E-state index contributed by atoms with van der Waals surface area (Å²) in [6, 6.07) is 13.8. The lowest BCUT2D eigenvalue weighted by molar-refractivity contribution is 0.603. The topological polar surface area (TPSA) is 49.8 Å². The van der Waals surface area contributed by atoms with Crippen molar-refractivity contribution in [3.63, 3.8) is 0 Å². The summed E-state index contributed by atoms with van der Waals surface area (Å²) >= 11 is 0. The maximum atomic E-state index is 14.2. The summed E-state index contributed by atoms with van der Waals surface area (Å²) in [5.41, 5.74) is 2.13. The molecule has 2 aromatic carbocycles. The number of nitrogens with one attached hydrogen (secondary N) is 2. The van der Waals surface area contributed by atoms with E-state index in [-0.39, 0.29) is 5.82 Å². The first kappa shape index (κ1) is 16.8. The van der Waals surface area contributed by atoms with E-state index in [0.717, 1.165) is 22.6 Å². The second kappa shape index (κ2) is 6.90. The van der Waals surface area contributed by atoms with E-state index in [1.807, 2.05) is 30.3 Å². The van der Waals surface area contributed by atoms with Gasteiger partial charge < -0.3 is 10.6 Å². The summed E-state index contributed by atoms with van der Waals surface area (Å²) in [4.78, 5) is 9.25. The Morgan fingerprint density at radius 2 is 1.92 bits per heavy atom. The Morgan fingerprint density at radius 3 is 2.73 bits per heavy atom. The van der Waals surface area contributed by atoms with Crippen LogP contribution in [0, 0.1) is 18.7 Å². The molecule has 2 N–H and O–H groups in total. The number of rotatable bonds is 6. The minimum atomic E-state index is -0.179. The van der Waals surface area contributed by atoms with Gasteiger partial charge in [-0.3, -0.25) is 0 Å². The van der Waals surface area contributed by atoms with Gasteiger partial charge in [0.05, 0.1) is 5.52 Å². The maximum absolute atomic E-state index is 14.2. The van der Waals surface area contributed by atoms with Gasteiger partial charge >= 0.3 is 0 Å². The van der Waals surface area contributed by atoms with E-state index in [0.29, 0.717) is 29.7 Å². The molecule has 1 saturated carbocycles. The standard InChI is InChI=1S/C21H23FN4/c1-13-6-5-7-16(19(13)22)12-23-21-25-18-9-4-3-8-17(18)20(26-21)24-14(2)15-10-11-15/h3-9,14-15H,10-12H2,1-2H3,(H2,23,24,25,26). The van der Waals surface area contributed by atoms with Crippen molar-refractivity contribution < 1.29 is 4.39 Å². The largest absolute Gasteiger partial charge is 0.367 e. The lowest BCUT2D eigenvalue weighted by atomic mass is 10.1. The van der Waals surface area contributed by atoms with Crippen molar-refractivity contribution in [3.8, 4) is 0 Å². The van der Waals surface area contributed by atoms with Gasteiger partial charge in [0.2, 0.25) is 5.95 Å². The van der Waals surface area contributed by atoms with Gasteiger partial charge in [0.15, 0.2) is 0 Å². The van der Waals surface area contributed by atoms with Crippen LogP contribution in [0.2, 0.25) is 0 Å². The zero-order valence-electron chi connectivity index (χ0n) is 15.1. The van der Waals surface area contributed by atoms with Crippen molar-refractivity contribution >= 4 is 22.7 Å². The smallest absolute Gasteiger partial charge is 0.225 e. The number of aryl methyl sites for hydroxylation is 1. The summed E-state index contributed by atoms with van der Waals surface area (Å²) < 4.78 is 14.2. The number of benzene rings is 2. The van der Waals surface area contributed by atoms with Crippen LogP contribution in [0.1, 0.15) is 30.9 Å². The lowest BCUT2D eigenvalue weighted by Crippen LogP contribution is -2.19. The van der Waals surface area contributed by atoms with Crippen molar-refractivity contribution in [1.29, 1.82) is 0 Å². The molecule has 1 aromatic heterocycles. The molecule has 1 fully saturated rings. The minimum Gasteiger partial charge on any atom is -0.367 e. The molecule has 3 aromatic rings. The van der Waals surface area contributed by atoms with Crippen LogP contribution in [-0.4, -0.2) is 16.0 Å². The quantitative estimate of drug-likeness (QED) is 0.664. The third kappa shape index (κ3) is 3.47. The fourth-order valence-electron chi connectivity index (χ4n) is 3.21. The van der Waals surface area contributed by atoms with Gasteiger partial charge in [0.1, 0.15) is 11.6 Å². The molecule has 26 heavy (non-hydrogen) atoms. The highest BCUT2D eigenvalue weighted by molar-refractivity contribution is 5.90. The molecule has 1 atom stereocenters. The van der Waals surface area contributed by atoms with Crippen LogP contribution in [-0.2, 0) is 6.54 Å². The number of anilines is 2. The van der Waals surface area contributed by atoms with Gasteiger partial charge in [-0.25, -0.2) is 9.37 Å². The van der Waals surface area contributed by atoms with Crippen LogP contribution in [0.3, 0.4) is 0 Å². The van der Waals surface area contributed by atoms with E-state index >= 15 is 0 Å². The fourth-order valence-corrected chi connectivity index (χ4v) is 3.21. The SMILES string of the molecule is Cc1cccc(CNc2nc(NC(C)C3CC3)c3ccccc3n2)c1F. The third-order valence-electron chi connectivity index (χ3n) is 5.01. The number of hydrogen-bond acceptors (Lipinski definition) is 4. The molecular formula is C21H23FN4. The molecule has 0 spiro atoms. The van der Waals surface area contributed by atoms with E-state index in [1.165, 1.54) is 12.8 Å². The third-order valence-corrected chi connectivity index (χ3v) is 5.01. The summed E-state index contributed by atoms with van der Waals surface area (Å²) in [6.07, 6.45) is 2.55. The molecule has 5 heteroatoms. The molecule has 0 aliphatic heterocycles. The monoisotopic (exact) mass is 350 g/mol. The van der Waals surface area contributed by atoms with Crippen LogP contribution >= 0.6 is 0 Å². The number of fused-ring (bicyclic) bond motifs is 1. The number of halogens is 1. The van der Waals surface area contributed by atoms with Crippen molar-refractivity contribution in [3.05, 3.63) is 59.4 Å². The van der Waals surface area contributed by atoms with Gasteiger partial charge in [-0.15, -0.1) is 0 Å². The minimum absolute atomic E-state index is 0.179. The molecule has 1 unspecified atom stereocenters. The number of nitrogens with zero attached hydrogens (tertiary/aromatic N) is 2. The Balaban J connectivity index is 1.61. The Bertz CT molecular complexity index is 936. The van der Waals surface area contributed by atoms with Crippen molar-refractivity contribution in [2.24, 2.45) is 5.92 Å². The fraction of sp³-hybridized carbons (Fsp3) is 0.333. The highest BCUT2D eigenvalue weighted by Gasteiger charge is 2.28. The maximum Gasteiger partial charge on any atom is 0.225 e. The molecule has 0 radical (unpaired) electrons. The van der Waals surface area contributed by atoms with E-state index < -0.39 is 0 Å². The van der Waals surface area contributed by atoms with Crippen LogP contribution in [0.4, 0.5) is 16.2 Å². The van der Waals surface area contributed by atoms with E-state index in [4.69, 9.17) is 0 Å². The van der Waals surface area contributed by atoms with Crippen molar-refractivity contribution in [2.75, 3.05) is 10.6 Å². The molecule has 1 aliphatic rings. The normalized spacial score (nSPS) is 15.0. The number of para-hydroxylation sites is 1. The summed E-state index contributed by atoms with van der Waals surface area (Å²) in [5, 5.41) is 7.72. The molecule has 0 bridgehead atoms. The average Bonchev–Trinajstić information content (AvgIpc) is 3.48. The number of aromatic nitrogens is 2. The summed E-state index contributed by atoms with van der Waals surface area (Å²) in [5.74, 6) is 1.89. The van der Waals surface area contributed by atoms with Gasteiger partial charge in [-0.1, -0.05) is 30.3 Å². The van der Waals surface area contributed by atoms with Gasteiger partial charge in [-0.2, -0.15) is 4.98 Å². The molecule has 4 nitrogen and oxygen atoms in total. The predicted molar refractivity (Wildman–Crippen MR) is 104 cm³/mol. The zero-order chi connectivity index (χ0) is 18.1. The molecule has 1 aliphatic carbocycles. The van der Waals surface area contributed by atoms with Crippen LogP contribution in [0.25, 0.3) is 10.9 Å². The first-order valence-electron chi connectivity index (χ1n) is 9.13. The summed E-state index contributed by atoms with van der Waals surface area (Å²) in [6.45, 7) is 4.32. The van der Waals surface area contributed by atoms with Crippen molar-refractivity contribution in [1.82, 2.24) is 9.97 Å². The van der Waals surface area contributed by atoms with Crippen LogP contribution < -0.4 is 10.6 Å². The Kier molecular flexibility index (Phi) is 4.45. The van der Waals surface area contributed by atoms with Gasteiger partial charge in [0, 0.05) is 23.5 Å². The second-order valence-electron chi connectivity index (χ2n) is 7.08. The van der Waals surface area contributed by atoms with Gasteiger partial charge in [-0.05, 0) is 50.3 Å². The second-order valence-corrected chi connectivity index (χ2v) is 7.08. The molecule has 134 valence electrons. The highest BCUT2D eigenvalue weighted by Crippen LogP contribution is 2.34. The Hall–Kier alpha value is -2.69. The van der Waals surface area contributed by atoms with Gasteiger partial charge in [0.25, 0.3) is 0 Å². The Morgan fingerprint density at radius 1 is 1.12 bits per heavy atom. The number of hydrogen-bond donors (Lipinski definition) is 2. The van der Waals surface area contributed by atoms with Crippen molar-refractivity contribution in [2.45, 2.75) is 39.3 Å². The first-order valence-corrected chi connectivity index (χ1v) is 9.13. The molecule has 0 saturated heterocycles. The molecular weight excluding hydrogens is 327 g/mol. The van der Waals surface area contributed by atoms with E-state index in [9.17, 15) is 4.39 Å². The molecule has 0 amide bonds. The predicted octanol–water partition coefficient (Wildman–Crippen LogP) is 4.90. The average molecular weight is 350 g/mol. The highest BCUT2D eigenvalue weighted by atomic mass is 19.1. The molecule has 1 heterocycles.